The van der Waals surface area contributed by atoms with E-state index in [2.05, 4.69) is 29.6 Å². The lowest BCUT2D eigenvalue weighted by atomic mass is 9.81. The van der Waals surface area contributed by atoms with Crippen molar-refractivity contribution in [2.45, 2.75) is 31.7 Å². The maximum absolute atomic E-state index is 3.66. The van der Waals surface area contributed by atoms with Crippen LogP contribution in [0.1, 0.15) is 24.0 Å². The maximum atomic E-state index is 3.66. The highest BCUT2D eigenvalue weighted by Gasteiger charge is 2.25. The molecule has 1 saturated heterocycles. The van der Waals surface area contributed by atoms with Gasteiger partial charge in [-0.05, 0) is 49.3 Å². The van der Waals surface area contributed by atoms with Gasteiger partial charge in [-0.15, -0.1) is 0 Å². The predicted octanol–water partition coefficient (Wildman–Crippen LogP) is 2.15. The van der Waals surface area contributed by atoms with Crippen LogP contribution in [0.2, 0.25) is 0 Å². The molecule has 0 saturated carbocycles. The van der Waals surface area contributed by atoms with Gasteiger partial charge in [-0.2, -0.15) is 0 Å². The molecule has 14 heavy (non-hydrogen) atoms. The molecule has 2 bridgehead atoms. The van der Waals surface area contributed by atoms with Crippen LogP contribution in [-0.4, -0.2) is 12.6 Å². The summed E-state index contributed by atoms with van der Waals surface area (Å²) in [6.45, 7) is 1.24. The number of hydrogen-bond acceptors (Lipinski definition) is 1. The van der Waals surface area contributed by atoms with Crippen LogP contribution in [-0.2, 0) is 12.8 Å². The summed E-state index contributed by atoms with van der Waals surface area (Å²) < 4.78 is 0. The minimum atomic E-state index is 0.743. The zero-order valence-corrected chi connectivity index (χ0v) is 8.50. The van der Waals surface area contributed by atoms with E-state index in [1.807, 2.05) is 0 Å². The topological polar surface area (TPSA) is 12.0 Å². The highest BCUT2D eigenvalue weighted by molar-refractivity contribution is 5.29. The summed E-state index contributed by atoms with van der Waals surface area (Å²) in [5, 5.41) is 3.66. The van der Waals surface area contributed by atoms with E-state index in [9.17, 15) is 0 Å². The number of nitrogens with one attached hydrogen (secondary N) is 1. The molecule has 1 aromatic rings. The van der Waals surface area contributed by atoms with Gasteiger partial charge in [0.2, 0.25) is 0 Å². The summed E-state index contributed by atoms with van der Waals surface area (Å²) >= 11 is 0. The van der Waals surface area contributed by atoms with E-state index in [-0.39, 0.29) is 0 Å². The molecule has 1 heteroatoms. The van der Waals surface area contributed by atoms with Crippen LogP contribution in [0.3, 0.4) is 0 Å². The van der Waals surface area contributed by atoms with E-state index >= 15 is 0 Å². The minimum absolute atomic E-state index is 0.743. The highest BCUT2D eigenvalue weighted by Crippen LogP contribution is 2.27. The predicted molar refractivity (Wildman–Crippen MR) is 58.4 cm³/mol. The van der Waals surface area contributed by atoms with Gasteiger partial charge < -0.3 is 5.32 Å². The Morgan fingerprint density at radius 2 is 1.79 bits per heavy atom. The first-order chi connectivity index (χ1) is 6.92. The van der Waals surface area contributed by atoms with E-state index < -0.39 is 0 Å². The second-order valence-electron chi connectivity index (χ2n) is 4.73. The molecule has 1 aromatic carbocycles. The van der Waals surface area contributed by atoms with Crippen molar-refractivity contribution in [1.82, 2.24) is 5.32 Å². The van der Waals surface area contributed by atoms with Gasteiger partial charge in [0.05, 0.1) is 0 Å². The molecule has 1 aliphatic carbocycles. The largest absolute Gasteiger partial charge is 0.313 e. The van der Waals surface area contributed by atoms with E-state index in [0.29, 0.717) is 0 Å². The molecule has 3 aliphatic rings. The van der Waals surface area contributed by atoms with Crippen LogP contribution in [0.25, 0.3) is 0 Å². The Morgan fingerprint density at radius 3 is 2.50 bits per heavy atom. The monoisotopic (exact) mass is 187 g/mol. The Labute approximate surface area is 85.5 Å². The van der Waals surface area contributed by atoms with E-state index in [1.165, 1.54) is 32.2 Å². The normalized spacial score (nSPS) is 30.6. The molecule has 2 atom stereocenters. The second kappa shape index (κ2) is 3.39. The van der Waals surface area contributed by atoms with Crippen LogP contribution in [0, 0.1) is 5.92 Å². The smallest absolute Gasteiger partial charge is 0.0108 e. The first kappa shape index (κ1) is 8.49. The van der Waals surface area contributed by atoms with Crippen LogP contribution in [0.4, 0.5) is 0 Å². The third kappa shape index (κ3) is 1.46. The molecule has 74 valence electrons. The Kier molecular flexibility index (Phi) is 2.06. The summed E-state index contributed by atoms with van der Waals surface area (Å²) in [4.78, 5) is 0. The first-order valence-corrected chi connectivity index (χ1v) is 5.72. The van der Waals surface area contributed by atoms with Crippen LogP contribution in [0.15, 0.2) is 24.3 Å². The summed E-state index contributed by atoms with van der Waals surface area (Å²) in [6.07, 6.45) is 5.32. The Hall–Kier alpha value is -0.820. The second-order valence-corrected chi connectivity index (χ2v) is 4.73. The molecule has 2 aliphatic heterocycles. The highest BCUT2D eigenvalue weighted by atomic mass is 14.9. The quantitative estimate of drug-likeness (QED) is 0.656. The molecule has 2 heterocycles. The lowest BCUT2D eigenvalue weighted by Crippen LogP contribution is -2.42. The molecule has 1 N–H and O–H groups in total. The van der Waals surface area contributed by atoms with Gasteiger partial charge >= 0.3 is 0 Å². The fourth-order valence-corrected chi connectivity index (χ4v) is 2.86. The van der Waals surface area contributed by atoms with Gasteiger partial charge in [-0.25, -0.2) is 0 Å². The number of fused-ring (bicyclic) bond motifs is 2. The van der Waals surface area contributed by atoms with E-state index in [1.54, 1.807) is 11.1 Å². The summed E-state index contributed by atoms with van der Waals surface area (Å²) in [7, 11) is 0. The van der Waals surface area contributed by atoms with Gasteiger partial charge in [0.1, 0.15) is 0 Å². The van der Waals surface area contributed by atoms with Gasteiger partial charge in [0, 0.05) is 6.04 Å². The third-order valence-electron chi connectivity index (χ3n) is 3.71. The average molecular weight is 187 g/mol. The van der Waals surface area contributed by atoms with Crippen molar-refractivity contribution in [3.63, 3.8) is 0 Å². The van der Waals surface area contributed by atoms with E-state index in [4.69, 9.17) is 0 Å². The van der Waals surface area contributed by atoms with Crippen molar-refractivity contribution in [2.24, 2.45) is 5.92 Å². The number of benzene rings is 1. The molecule has 0 spiro atoms. The maximum Gasteiger partial charge on any atom is 0.0108 e. The summed E-state index contributed by atoms with van der Waals surface area (Å²) in [5.41, 5.74) is 3.18. The van der Waals surface area contributed by atoms with Crippen LogP contribution >= 0.6 is 0 Å². The minimum Gasteiger partial charge on any atom is -0.313 e. The Balaban J connectivity index is 1.98. The Morgan fingerprint density at radius 1 is 1.00 bits per heavy atom. The standard InChI is InChI=1S/C13H17N/c1-2-4-12-8-13-6-5-10(9-14-13)7-11(12)3-1/h1-4,10,13-14H,5-9H2/t10-,13+/m1/s1. The van der Waals surface area contributed by atoms with Crippen LogP contribution < -0.4 is 5.32 Å². The molecule has 0 aromatic heterocycles. The lowest BCUT2D eigenvalue weighted by molar-refractivity contribution is 0.296. The van der Waals surface area contributed by atoms with Crippen molar-refractivity contribution in [3.8, 4) is 0 Å². The zero-order chi connectivity index (χ0) is 9.38. The molecule has 4 rings (SSSR count). The summed E-state index contributed by atoms with van der Waals surface area (Å²) in [5.74, 6) is 0.882. The van der Waals surface area contributed by atoms with Crippen molar-refractivity contribution in [1.29, 1.82) is 0 Å². The Bertz CT molecular complexity index is 291. The third-order valence-corrected chi connectivity index (χ3v) is 3.71. The number of hydrogen-bond donors (Lipinski definition) is 1. The van der Waals surface area contributed by atoms with Crippen molar-refractivity contribution < 1.29 is 0 Å². The molecule has 0 radical (unpaired) electrons. The lowest BCUT2D eigenvalue weighted by Gasteiger charge is -2.34. The molecular formula is C13H17N. The van der Waals surface area contributed by atoms with Crippen LogP contribution in [0.5, 0.6) is 0 Å². The molecule has 0 amide bonds. The number of piperidine rings is 1. The molecule has 0 unspecified atom stereocenters. The molecule has 1 nitrogen and oxygen atoms in total. The molecular weight excluding hydrogens is 170 g/mol. The van der Waals surface area contributed by atoms with Gasteiger partial charge in [0.25, 0.3) is 0 Å². The van der Waals surface area contributed by atoms with Crippen molar-refractivity contribution in [2.75, 3.05) is 6.54 Å². The van der Waals surface area contributed by atoms with Gasteiger partial charge in [-0.1, -0.05) is 24.3 Å². The first-order valence-electron chi connectivity index (χ1n) is 5.72. The fourth-order valence-electron chi connectivity index (χ4n) is 2.86. The molecule has 1 fully saturated rings. The SMILES string of the molecule is c1ccc2c(c1)C[C@H]1CC[C@@H](C2)NC1. The number of rotatable bonds is 0. The van der Waals surface area contributed by atoms with Crippen molar-refractivity contribution in [3.05, 3.63) is 35.4 Å². The van der Waals surface area contributed by atoms with Gasteiger partial charge in [-0.3, -0.25) is 0 Å². The summed E-state index contributed by atoms with van der Waals surface area (Å²) in [6, 6.07) is 9.72. The van der Waals surface area contributed by atoms with Gasteiger partial charge in [0.15, 0.2) is 0 Å². The van der Waals surface area contributed by atoms with E-state index in [0.717, 1.165) is 12.0 Å². The van der Waals surface area contributed by atoms with Crippen molar-refractivity contribution >= 4 is 0 Å². The zero-order valence-electron chi connectivity index (χ0n) is 8.50. The fraction of sp³-hybridized carbons (Fsp3) is 0.538. The average Bonchev–Trinajstić information content (AvgIpc) is 2.17.